The van der Waals surface area contributed by atoms with E-state index in [1.165, 1.54) is 11.1 Å². The van der Waals surface area contributed by atoms with Crippen LogP contribution in [-0.4, -0.2) is 7.05 Å². The predicted molar refractivity (Wildman–Crippen MR) is 70.2 cm³/mol. The molecule has 2 heteroatoms. The second-order valence-electron chi connectivity index (χ2n) is 4.29. The van der Waals surface area contributed by atoms with Gasteiger partial charge in [-0.25, -0.2) is 0 Å². The Morgan fingerprint density at radius 1 is 1.12 bits per heavy atom. The van der Waals surface area contributed by atoms with Crippen LogP contribution in [0.2, 0.25) is 0 Å². The lowest BCUT2D eigenvalue weighted by molar-refractivity contribution is 0.434. The van der Waals surface area contributed by atoms with Crippen molar-refractivity contribution in [3.8, 4) is 0 Å². The molecule has 0 saturated heterocycles. The molecule has 0 fully saturated rings. The highest BCUT2D eigenvalue weighted by atomic mass is 16.3. The van der Waals surface area contributed by atoms with Crippen molar-refractivity contribution in [2.75, 3.05) is 7.05 Å². The van der Waals surface area contributed by atoms with Crippen molar-refractivity contribution in [2.24, 2.45) is 0 Å². The molecule has 0 bridgehead atoms. The van der Waals surface area contributed by atoms with Crippen LogP contribution in [0.1, 0.15) is 35.6 Å². The molecule has 2 rings (SSSR count). The molecule has 17 heavy (non-hydrogen) atoms. The van der Waals surface area contributed by atoms with Crippen molar-refractivity contribution >= 4 is 0 Å². The summed E-state index contributed by atoms with van der Waals surface area (Å²) in [7, 11) is 1.96. The van der Waals surface area contributed by atoms with Gasteiger partial charge in [0.2, 0.25) is 0 Å². The van der Waals surface area contributed by atoms with Gasteiger partial charge in [-0.05, 0) is 31.7 Å². The van der Waals surface area contributed by atoms with Crippen molar-refractivity contribution < 1.29 is 4.42 Å². The minimum atomic E-state index is 0.135. The van der Waals surface area contributed by atoms with Gasteiger partial charge in [0.1, 0.15) is 11.5 Å². The maximum Gasteiger partial charge on any atom is 0.125 e. The summed E-state index contributed by atoms with van der Waals surface area (Å²) in [4.78, 5) is 0. The topological polar surface area (TPSA) is 25.2 Å². The quantitative estimate of drug-likeness (QED) is 0.868. The molecular formula is C15H19NO. The van der Waals surface area contributed by atoms with Gasteiger partial charge in [0.25, 0.3) is 0 Å². The van der Waals surface area contributed by atoms with Crippen LogP contribution in [0.25, 0.3) is 0 Å². The molecule has 1 aromatic carbocycles. The van der Waals surface area contributed by atoms with Crippen LogP contribution in [0.3, 0.4) is 0 Å². The maximum absolute atomic E-state index is 5.81. The van der Waals surface area contributed by atoms with Crippen LogP contribution in [-0.2, 0) is 6.42 Å². The summed E-state index contributed by atoms with van der Waals surface area (Å²) in [6.07, 6.45) is 0.935. The summed E-state index contributed by atoms with van der Waals surface area (Å²) >= 11 is 0. The number of furan rings is 1. The second kappa shape index (κ2) is 5.19. The first kappa shape index (κ1) is 11.9. The molecule has 1 heterocycles. The number of benzene rings is 1. The lowest BCUT2D eigenvalue weighted by atomic mass is 10.0. The second-order valence-corrected chi connectivity index (χ2v) is 4.29. The SMILES string of the molecule is CCc1ccc(C(NC)c2ccc(C)cc2)o1. The van der Waals surface area contributed by atoms with Gasteiger partial charge in [0, 0.05) is 6.42 Å². The fourth-order valence-electron chi connectivity index (χ4n) is 1.97. The van der Waals surface area contributed by atoms with Crippen LogP contribution in [0, 0.1) is 6.92 Å². The van der Waals surface area contributed by atoms with Gasteiger partial charge in [-0.15, -0.1) is 0 Å². The monoisotopic (exact) mass is 229 g/mol. The highest BCUT2D eigenvalue weighted by Gasteiger charge is 2.15. The third-order valence-electron chi connectivity index (χ3n) is 3.01. The lowest BCUT2D eigenvalue weighted by Gasteiger charge is -2.14. The number of hydrogen-bond acceptors (Lipinski definition) is 2. The molecule has 2 nitrogen and oxygen atoms in total. The van der Waals surface area contributed by atoms with Gasteiger partial charge in [0.05, 0.1) is 6.04 Å². The maximum atomic E-state index is 5.81. The first-order chi connectivity index (χ1) is 8.24. The average Bonchev–Trinajstić information content (AvgIpc) is 2.81. The van der Waals surface area contributed by atoms with E-state index < -0.39 is 0 Å². The molecule has 1 atom stereocenters. The average molecular weight is 229 g/mol. The third-order valence-corrected chi connectivity index (χ3v) is 3.01. The van der Waals surface area contributed by atoms with Crippen molar-refractivity contribution in [3.63, 3.8) is 0 Å². The lowest BCUT2D eigenvalue weighted by Crippen LogP contribution is -2.16. The molecule has 0 radical (unpaired) electrons. The summed E-state index contributed by atoms with van der Waals surface area (Å²) in [5.41, 5.74) is 2.51. The summed E-state index contributed by atoms with van der Waals surface area (Å²) in [6, 6.07) is 12.8. The summed E-state index contributed by atoms with van der Waals surface area (Å²) in [5.74, 6) is 2.01. The predicted octanol–water partition coefficient (Wildman–Crippen LogP) is 3.46. The van der Waals surface area contributed by atoms with Crippen molar-refractivity contribution in [1.29, 1.82) is 0 Å². The molecule has 2 aromatic rings. The van der Waals surface area contributed by atoms with Crippen LogP contribution < -0.4 is 5.32 Å². The van der Waals surface area contributed by atoms with Crippen molar-refractivity contribution in [1.82, 2.24) is 5.32 Å². The van der Waals surface area contributed by atoms with E-state index in [-0.39, 0.29) is 6.04 Å². The van der Waals surface area contributed by atoms with Crippen LogP contribution in [0.5, 0.6) is 0 Å². The summed E-state index contributed by atoms with van der Waals surface area (Å²) in [6.45, 7) is 4.20. The minimum Gasteiger partial charge on any atom is -0.464 e. The molecule has 90 valence electrons. The Labute approximate surface area is 103 Å². The normalized spacial score (nSPS) is 12.6. The number of rotatable bonds is 4. The van der Waals surface area contributed by atoms with E-state index in [2.05, 4.69) is 49.5 Å². The van der Waals surface area contributed by atoms with E-state index in [9.17, 15) is 0 Å². The number of aryl methyl sites for hydroxylation is 2. The largest absolute Gasteiger partial charge is 0.464 e. The zero-order valence-electron chi connectivity index (χ0n) is 10.7. The van der Waals surface area contributed by atoms with Crippen molar-refractivity contribution in [2.45, 2.75) is 26.3 Å². The number of nitrogens with one attached hydrogen (secondary N) is 1. The minimum absolute atomic E-state index is 0.135. The smallest absolute Gasteiger partial charge is 0.125 e. The third kappa shape index (κ3) is 2.59. The Hall–Kier alpha value is -1.54. The molecule has 0 aliphatic rings. The molecule has 1 unspecified atom stereocenters. The van der Waals surface area contributed by atoms with E-state index in [1.807, 2.05) is 13.1 Å². The first-order valence-electron chi connectivity index (χ1n) is 6.07. The van der Waals surface area contributed by atoms with E-state index in [4.69, 9.17) is 4.42 Å². The highest BCUT2D eigenvalue weighted by molar-refractivity contribution is 5.29. The Balaban J connectivity index is 2.29. The molecule has 0 spiro atoms. The van der Waals surface area contributed by atoms with Gasteiger partial charge >= 0.3 is 0 Å². The zero-order valence-corrected chi connectivity index (χ0v) is 10.7. The van der Waals surface area contributed by atoms with E-state index in [1.54, 1.807) is 0 Å². The number of hydrogen-bond donors (Lipinski definition) is 1. The van der Waals surface area contributed by atoms with Gasteiger partial charge in [-0.1, -0.05) is 36.8 Å². The van der Waals surface area contributed by atoms with Crippen LogP contribution in [0.4, 0.5) is 0 Å². The fraction of sp³-hybridized carbons (Fsp3) is 0.333. The molecule has 0 amide bonds. The highest BCUT2D eigenvalue weighted by Crippen LogP contribution is 2.24. The standard InChI is InChI=1S/C15H19NO/c1-4-13-9-10-14(17-13)15(16-3)12-7-5-11(2)6-8-12/h5-10,15-16H,4H2,1-3H3. The Morgan fingerprint density at radius 2 is 1.82 bits per heavy atom. The van der Waals surface area contributed by atoms with Gasteiger partial charge in [-0.2, -0.15) is 0 Å². The Kier molecular flexibility index (Phi) is 3.64. The zero-order chi connectivity index (χ0) is 12.3. The van der Waals surface area contributed by atoms with E-state index in [0.29, 0.717) is 0 Å². The molecular weight excluding hydrogens is 210 g/mol. The van der Waals surface area contributed by atoms with Crippen molar-refractivity contribution in [3.05, 3.63) is 59.0 Å². The molecule has 1 aromatic heterocycles. The molecule has 0 aliphatic heterocycles. The van der Waals surface area contributed by atoms with E-state index >= 15 is 0 Å². The Bertz CT molecular complexity index is 470. The van der Waals surface area contributed by atoms with Gasteiger partial charge in [0.15, 0.2) is 0 Å². The van der Waals surface area contributed by atoms with Crippen LogP contribution >= 0.6 is 0 Å². The Morgan fingerprint density at radius 3 is 2.35 bits per heavy atom. The molecule has 1 N–H and O–H groups in total. The summed E-state index contributed by atoms with van der Waals surface area (Å²) in [5, 5.41) is 3.30. The fourth-order valence-corrected chi connectivity index (χ4v) is 1.97. The van der Waals surface area contributed by atoms with E-state index in [0.717, 1.165) is 17.9 Å². The summed E-state index contributed by atoms with van der Waals surface area (Å²) < 4.78 is 5.81. The molecule has 0 saturated carbocycles. The van der Waals surface area contributed by atoms with Gasteiger partial charge < -0.3 is 9.73 Å². The first-order valence-corrected chi connectivity index (χ1v) is 6.07. The molecule has 0 aliphatic carbocycles. The van der Waals surface area contributed by atoms with Crippen LogP contribution in [0.15, 0.2) is 40.8 Å². The van der Waals surface area contributed by atoms with Gasteiger partial charge in [-0.3, -0.25) is 0 Å².